The largest absolute Gasteiger partial charge is 0.373 e. The van der Waals surface area contributed by atoms with E-state index in [-0.39, 0.29) is 18.1 Å². The van der Waals surface area contributed by atoms with Crippen molar-refractivity contribution in [2.24, 2.45) is 5.73 Å². The minimum absolute atomic E-state index is 0.0487. The van der Waals surface area contributed by atoms with Crippen molar-refractivity contribution in [3.8, 4) is 0 Å². The van der Waals surface area contributed by atoms with E-state index in [1.807, 2.05) is 17.9 Å². The Morgan fingerprint density at radius 1 is 1.45 bits per heavy atom. The molecular weight excluding hydrogens is 252 g/mol. The van der Waals surface area contributed by atoms with Crippen molar-refractivity contribution in [1.82, 2.24) is 4.90 Å². The average Bonchev–Trinajstić information content (AvgIpc) is 2.43. The fourth-order valence-electron chi connectivity index (χ4n) is 2.42. The van der Waals surface area contributed by atoms with Gasteiger partial charge in [0.1, 0.15) is 0 Å². The highest BCUT2D eigenvalue weighted by Gasteiger charge is 2.26. The molecule has 0 radical (unpaired) electrons. The second-order valence-electron chi connectivity index (χ2n) is 5.70. The van der Waals surface area contributed by atoms with Crippen LogP contribution in [0.5, 0.6) is 0 Å². The summed E-state index contributed by atoms with van der Waals surface area (Å²) in [6, 6.07) is 6.15. The van der Waals surface area contributed by atoms with Crippen molar-refractivity contribution in [2.45, 2.75) is 39.3 Å². The van der Waals surface area contributed by atoms with E-state index in [4.69, 9.17) is 10.5 Å². The molecule has 110 valence electrons. The van der Waals surface area contributed by atoms with Crippen molar-refractivity contribution in [3.63, 3.8) is 0 Å². The Bertz CT molecular complexity index is 485. The van der Waals surface area contributed by atoms with Gasteiger partial charge in [-0.2, -0.15) is 0 Å². The topological polar surface area (TPSA) is 55.6 Å². The lowest BCUT2D eigenvalue weighted by Crippen LogP contribution is -2.51. The number of hydrogen-bond acceptors (Lipinski definition) is 3. The van der Waals surface area contributed by atoms with Crippen molar-refractivity contribution in [1.29, 1.82) is 0 Å². The van der Waals surface area contributed by atoms with Gasteiger partial charge in [0, 0.05) is 19.1 Å². The number of morpholine rings is 1. The molecule has 0 aliphatic carbocycles. The second kappa shape index (κ2) is 6.37. The maximum Gasteiger partial charge on any atom is 0.227 e. The fraction of sp³-hybridized carbons (Fsp3) is 0.562. The Morgan fingerprint density at radius 3 is 2.85 bits per heavy atom. The second-order valence-corrected chi connectivity index (χ2v) is 5.70. The highest BCUT2D eigenvalue weighted by molar-refractivity contribution is 5.79. The van der Waals surface area contributed by atoms with Gasteiger partial charge >= 0.3 is 0 Å². The maximum atomic E-state index is 12.4. The molecule has 1 aromatic carbocycles. The molecule has 1 saturated heterocycles. The van der Waals surface area contributed by atoms with E-state index in [1.165, 1.54) is 11.1 Å². The van der Waals surface area contributed by atoms with Crippen LogP contribution in [0.25, 0.3) is 0 Å². The Hall–Kier alpha value is -1.39. The number of benzene rings is 1. The molecule has 1 aliphatic rings. The zero-order valence-corrected chi connectivity index (χ0v) is 12.6. The van der Waals surface area contributed by atoms with Crippen LogP contribution in [0.4, 0.5) is 0 Å². The fourth-order valence-corrected chi connectivity index (χ4v) is 2.42. The maximum absolute atomic E-state index is 12.4. The van der Waals surface area contributed by atoms with Crippen LogP contribution in [-0.2, 0) is 16.0 Å². The van der Waals surface area contributed by atoms with Gasteiger partial charge in [-0.05, 0) is 37.5 Å². The van der Waals surface area contributed by atoms with E-state index in [2.05, 4.69) is 26.0 Å². The lowest BCUT2D eigenvalue weighted by molar-refractivity contribution is -0.138. The van der Waals surface area contributed by atoms with Gasteiger partial charge < -0.3 is 15.4 Å². The van der Waals surface area contributed by atoms with E-state index >= 15 is 0 Å². The molecule has 0 saturated carbocycles. The Morgan fingerprint density at radius 2 is 2.20 bits per heavy atom. The molecule has 1 aromatic rings. The summed E-state index contributed by atoms with van der Waals surface area (Å²) in [5.41, 5.74) is 9.41. The Balaban J connectivity index is 1.98. The summed E-state index contributed by atoms with van der Waals surface area (Å²) in [6.45, 7) is 7.90. The van der Waals surface area contributed by atoms with E-state index in [9.17, 15) is 4.79 Å². The number of carbonyl (C=O) groups excluding carboxylic acids is 1. The summed E-state index contributed by atoms with van der Waals surface area (Å²) in [5, 5.41) is 0. The quantitative estimate of drug-likeness (QED) is 0.908. The summed E-state index contributed by atoms with van der Waals surface area (Å²) >= 11 is 0. The highest BCUT2D eigenvalue weighted by atomic mass is 16.5. The van der Waals surface area contributed by atoms with Gasteiger partial charge in [0.2, 0.25) is 5.91 Å². The summed E-state index contributed by atoms with van der Waals surface area (Å²) < 4.78 is 5.59. The monoisotopic (exact) mass is 276 g/mol. The summed E-state index contributed by atoms with van der Waals surface area (Å²) in [7, 11) is 0. The zero-order chi connectivity index (χ0) is 14.7. The van der Waals surface area contributed by atoms with E-state index in [1.54, 1.807) is 0 Å². The summed E-state index contributed by atoms with van der Waals surface area (Å²) in [6.07, 6.45) is 0.403. The van der Waals surface area contributed by atoms with Gasteiger partial charge in [-0.3, -0.25) is 4.79 Å². The number of amides is 1. The molecule has 1 aliphatic heterocycles. The normalized spacial score (nSPS) is 20.8. The highest BCUT2D eigenvalue weighted by Crippen LogP contribution is 2.13. The smallest absolute Gasteiger partial charge is 0.227 e. The third-order valence-electron chi connectivity index (χ3n) is 3.96. The first-order valence-corrected chi connectivity index (χ1v) is 7.18. The minimum Gasteiger partial charge on any atom is -0.373 e. The van der Waals surface area contributed by atoms with Crippen molar-refractivity contribution < 1.29 is 9.53 Å². The Labute approximate surface area is 120 Å². The molecular formula is C16H24N2O2. The standard InChI is InChI=1S/C16H24N2O2/c1-11-4-5-14(8-12(11)2)9-16(19)18-6-7-20-15(10-18)13(3)17/h4-5,8,13,15H,6-7,9-10,17H2,1-3H3. The first kappa shape index (κ1) is 15.0. The molecule has 2 rings (SSSR count). The molecule has 4 nitrogen and oxygen atoms in total. The number of nitrogens with two attached hydrogens (primary N) is 1. The van der Waals surface area contributed by atoms with Crippen LogP contribution >= 0.6 is 0 Å². The lowest BCUT2D eigenvalue weighted by atomic mass is 10.0. The first-order valence-electron chi connectivity index (χ1n) is 7.18. The summed E-state index contributed by atoms with van der Waals surface area (Å²) in [5.74, 6) is 0.155. The van der Waals surface area contributed by atoms with Crippen molar-refractivity contribution in [3.05, 3.63) is 34.9 Å². The molecule has 20 heavy (non-hydrogen) atoms. The third-order valence-corrected chi connectivity index (χ3v) is 3.96. The molecule has 0 bridgehead atoms. The van der Waals surface area contributed by atoms with Crippen molar-refractivity contribution >= 4 is 5.91 Å². The molecule has 2 atom stereocenters. The molecule has 4 heteroatoms. The molecule has 1 fully saturated rings. The molecule has 1 heterocycles. The number of aryl methyl sites for hydroxylation is 2. The zero-order valence-electron chi connectivity index (χ0n) is 12.6. The van der Waals surface area contributed by atoms with Crippen LogP contribution in [-0.4, -0.2) is 42.6 Å². The Kier molecular flexibility index (Phi) is 4.78. The summed E-state index contributed by atoms with van der Waals surface area (Å²) in [4.78, 5) is 14.2. The van der Waals surface area contributed by atoms with E-state index in [0.29, 0.717) is 26.1 Å². The molecule has 1 amide bonds. The number of hydrogen-bond donors (Lipinski definition) is 1. The predicted octanol–water partition coefficient (Wildman–Crippen LogP) is 1.42. The molecule has 0 aromatic heterocycles. The number of carbonyl (C=O) groups is 1. The van der Waals surface area contributed by atoms with Crippen LogP contribution in [0.15, 0.2) is 18.2 Å². The molecule has 2 unspecified atom stereocenters. The minimum atomic E-state index is -0.0489. The van der Waals surface area contributed by atoms with Gasteiger partial charge in [0.05, 0.1) is 19.1 Å². The SMILES string of the molecule is Cc1ccc(CC(=O)N2CCOC(C(C)N)C2)cc1C. The van der Waals surface area contributed by atoms with Gasteiger partial charge in [-0.1, -0.05) is 18.2 Å². The van der Waals surface area contributed by atoms with E-state index < -0.39 is 0 Å². The average molecular weight is 276 g/mol. The number of rotatable bonds is 3. The molecule has 2 N–H and O–H groups in total. The van der Waals surface area contributed by atoms with Crippen LogP contribution in [0.3, 0.4) is 0 Å². The van der Waals surface area contributed by atoms with Crippen LogP contribution in [0, 0.1) is 13.8 Å². The number of ether oxygens (including phenoxy) is 1. The predicted molar refractivity (Wildman–Crippen MR) is 79.6 cm³/mol. The van der Waals surface area contributed by atoms with Crippen LogP contribution < -0.4 is 5.73 Å². The number of nitrogens with zero attached hydrogens (tertiary/aromatic N) is 1. The van der Waals surface area contributed by atoms with Crippen LogP contribution in [0.1, 0.15) is 23.6 Å². The molecule has 0 spiro atoms. The van der Waals surface area contributed by atoms with Gasteiger partial charge in [-0.25, -0.2) is 0 Å². The van der Waals surface area contributed by atoms with Crippen LogP contribution in [0.2, 0.25) is 0 Å². The first-order chi connectivity index (χ1) is 9.47. The lowest BCUT2D eigenvalue weighted by Gasteiger charge is -2.34. The van der Waals surface area contributed by atoms with Crippen molar-refractivity contribution in [2.75, 3.05) is 19.7 Å². The van der Waals surface area contributed by atoms with E-state index in [0.717, 1.165) is 5.56 Å². The van der Waals surface area contributed by atoms with Gasteiger partial charge in [0.15, 0.2) is 0 Å². The third kappa shape index (κ3) is 3.58. The van der Waals surface area contributed by atoms with Gasteiger partial charge in [0.25, 0.3) is 0 Å². The van der Waals surface area contributed by atoms with Gasteiger partial charge in [-0.15, -0.1) is 0 Å².